The first-order valence-electron chi connectivity index (χ1n) is 17.3. The highest BCUT2D eigenvalue weighted by Gasteiger charge is 2.30. The number of halogens is 1. The highest BCUT2D eigenvalue weighted by Crippen LogP contribution is 2.30. The van der Waals surface area contributed by atoms with Gasteiger partial charge in [0.25, 0.3) is 0 Å². The lowest BCUT2D eigenvalue weighted by molar-refractivity contribution is -0.130. The van der Waals surface area contributed by atoms with Crippen LogP contribution in [-0.4, -0.2) is 64.4 Å². The van der Waals surface area contributed by atoms with E-state index >= 15 is 0 Å². The molecule has 0 spiro atoms. The molecule has 1 heterocycles. The molecule has 3 amide bonds. The molecule has 4 aromatic rings. The summed E-state index contributed by atoms with van der Waals surface area (Å²) in [6, 6.07) is 19.4. The van der Waals surface area contributed by atoms with Crippen LogP contribution in [0, 0.1) is 18.8 Å². The van der Waals surface area contributed by atoms with E-state index in [4.69, 9.17) is 21.1 Å². The Hall–Kier alpha value is -5.23. The van der Waals surface area contributed by atoms with Gasteiger partial charge in [-0.3, -0.25) is 9.59 Å². The number of amides is 3. The van der Waals surface area contributed by atoms with Gasteiger partial charge in [0.15, 0.2) is 5.82 Å². The predicted molar refractivity (Wildman–Crippen MR) is 199 cm³/mol. The number of H-pyrrole nitrogens is 1. The Labute approximate surface area is 308 Å². The maximum atomic E-state index is 13.8. The fourth-order valence-electron chi connectivity index (χ4n) is 6.27. The second-order valence-electron chi connectivity index (χ2n) is 14.1. The molecule has 5 rings (SSSR count). The van der Waals surface area contributed by atoms with Crippen LogP contribution in [0.3, 0.4) is 0 Å². The molecule has 0 radical (unpaired) electrons. The number of aromatic nitrogens is 3. The van der Waals surface area contributed by atoms with Gasteiger partial charge in [0.1, 0.15) is 11.6 Å². The molecule has 12 nitrogen and oxygen atoms in total. The third kappa shape index (κ3) is 10.4. The van der Waals surface area contributed by atoms with Gasteiger partial charge >= 0.3 is 12.1 Å². The first kappa shape index (κ1) is 38.0. The molecule has 1 saturated carbocycles. The predicted octanol–water partition coefficient (Wildman–Crippen LogP) is 6.88. The van der Waals surface area contributed by atoms with Gasteiger partial charge in [-0.25, -0.2) is 9.59 Å². The average Bonchev–Trinajstić information content (AvgIpc) is 3.56. The van der Waals surface area contributed by atoms with Crippen LogP contribution in [0.5, 0.6) is 0 Å². The Morgan fingerprint density at radius 3 is 2.19 bits per heavy atom. The molecule has 1 aliphatic carbocycles. The van der Waals surface area contributed by atoms with Crippen molar-refractivity contribution in [2.75, 3.05) is 19.0 Å². The minimum Gasteiger partial charge on any atom is -0.465 e. The number of methoxy groups -OCH3 is 1. The van der Waals surface area contributed by atoms with Crippen molar-refractivity contribution in [2.24, 2.45) is 11.8 Å². The third-order valence-electron chi connectivity index (χ3n) is 9.02. The van der Waals surface area contributed by atoms with Crippen LogP contribution < -0.4 is 16.0 Å². The first-order chi connectivity index (χ1) is 24.8. The smallest absolute Gasteiger partial charge is 0.407 e. The van der Waals surface area contributed by atoms with Crippen LogP contribution >= 0.6 is 11.6 Å². The summed E-state index contributed by atoms with van der Waals surface area (Å²) in [5.74, 6) is -0.423. The standard InChI is InChI=1S/C39H45ClN6O6/c1-23-20-29(36(49)51-5)16-19-31(23)26-10-6-24(7-11-26)21-32(35(48)42-30-17-14-27(15-18-30)33-44-37(40)46-45-33)43-34(47)28-12-8-25(9-13-28)22-41-38(50)52-39(2,3)4/h6-7,10-11,14-20,25,28,32H,8-9,12-13,21-22H2,1-5H3,(H,41,50)(H,42,48)(H,43,47)(H,44,45,46)/t25-,28-,32-/m0/s1. The maximum absolute atomic E-state index is 13.8. The van der Waals surface area contributed by atoms with Gasteiger partial charge in [0, 0.05) is 30.1 Å². The number of hydrogen-bond donors (Lipinski definition) is 4. The molecule has 0 aliphatic heterocycles. The van der Waals surface area contributed by atoms with Gasteiger partial charge in [-0.15, -0.1) is 10.2 Å². The third-order valence-corrected chi connectivity index (χ3v) is 9.19. The van der Waals surface area contributed by atoms with Crippen molar-refractivity contribution in [2.45, 2.75) is 71.4 Å². The van der Waals surface area contributed by atoms with Gasteiger partial charge in [-0.2, -0.15) is 0 Å². The topological polar surface area (TPSA) is 164 Å². The average molecular weight is 729 g/mol. The van der Waals surface area contributed by atoms with E-state index in [1.807, 2.05) is 58.0 Å². The fourth-order valence-corrected chi connectivity index (χ4v) is 6.40. The number of nitrogens with zero attached hydrogens (tertiary/aromatic N) is 2. The number of nitrogens with one attached hydrogen (secondary N) is 4. The molecular weight excluding hydrogens is 684 g/mol. The lowest BCUT2D eigenvalue weighted by Gasteiger charge is -2.29. The highest BCUT2D eigenvalue weighted by atomic mass is 35.5. The van der Waals surface area contributed by atoms with Crippen molar-refractivity contribution in [3.8, 4) is 22.5 Å². The van der Waals surface area contributed by atoms with E-state index in [-0.39, 0.29) is 35.4 Å². The Morgan fingerprint density at radius 2 is 1.60 bits per heavy atom. The van der Waals surface area contributed by atoms with E-state index in [1.165, 1.54) is 7.11 Å². The number of rotatable bonds is 11. The Bertz CT molecular complexity index is 1880. The zero-order valence-electron chi connectivity index (χ0n) is 30.0. The summed E-state index contributed by atoms with van der Waals surface area (Å²) in [5.41, 5.74) is 4.91. The molecule has 274 valence electrons. The van der Waals surface area contributed by atoms with Crippen molar-refractivity contribution in [3.63, 3.8) is 0 Å². The molecule has 52 heavy (non-hydrogen) atoms. The van der Waals surface area contributed by atoms with E-state index in [0.29, 0.717) is 36.5 Å². The molecule has 1 fully saturated rings. The summed E-state index contributed by atoms with van der Waals surface area (Å²) < 4.78 is 10.2. The Morgan fingerprint density at radius 1 is 0.923 bits per heavy atom. The number of anilines is 1. The van der Waals surface area contributed by atoms with E-state index in [9.17, 15) is 19.2 Å². The van der Waals surface area contributed by atoms with E-state index in [0.717, 1.165) is 40.7 Å². The Balaban J connectivity index is 1.26. The summed E-state index contributed by atoms with van der Waals surface area (Å²) in [6.45, 7) is 7.88. The monoisotopic (exact) mass is 728 g/mol. The number of aryl methyl sites for hydroxylation is 1. The minimum atomic E-state index is -0.848. The van der Waals surface area contributed by atoms with Gasteiger partial charge in [0.2, 0.25) is 17.1 Å². The van der Waals surface area contributed by atoms with Crippen molar-refractivity contribution >= 4 is 41.2 Å². The van der Waals surface area contributed by atoms with Gasteiger partial charge in [-0.05, 0) is 130 Å². The lowest BCUT2D eigenvalue weighted by Crippen LogP contribution is -2.48. The van der Waals surface area contributed by atoms with Gasteiger partial charge < -0.3 is 30.4 Å². The molecule has 1 aliphatic rings. The number of benzene rings is 3. The molecule has 0 unspecified atom stereocenters. The largest absolute Gasteiger partial charge is 0.465 e. The van der Waals surface area contributed by atoms with E-state index in [1.54, 1.807) is 36.4 Å². The SMILES string of the molecule is COC(=O)c1ccc(-c2ccc(C[C@H](NC(=O)[C@H]3CC[C@H](CNC(=O)OC(C)(C)C)CC3)C(=O)Nc3ccc(-c4nnc(Cl)[nH]4)cc3)cc2)c(C)c1. The summed E-state index contributed by atoms with van der Waals surface area (Å²) in [6.07, 6.45) is 2.66. The van der Waals surface area contributed by atoms with Crippen LogP contribution in [0.4, 0.5) is 10.5 Å². The van der Waals surface area contributed by atoms with Crippen LogP contribution in [0.1, 0.15) is 67.9 Å². The van der Waals surface area contributed by atoms with Crippen LogP contribution in [0.2, 0.25) is 5.28 Å². The van der Waals surface area contributed by atoms with Crippen molar-refractivity contribution in [1.82, 2.24) is 25.8 Å². The first-order valence-corrected chi connectivity index (χ1v) is 17.7. The molecule has 1 atom stereocenters. The summed E-state index contributed by atoms with van der Waals surface area (Å²) in [4.78, 5) is 54.3. The number of carbonyl (C=O) groups excluding carboxylic acids is 4. The fraction of sp³-hybridized carbons (Fsp3) is 0.385. The molecule has 13 heteroatoms. The number of ether oxygens (including phenoxy) is 2. The zero-order valence-corrected chi connectivity index (χ0v) is 30.8. The maximum Gasteiger partial charge on any atom is 0.407 e. The summed E-state index contributed by atoms with van der Waals surface area (Å²) >= 11 is 5.87. The van der Waals surface area contributed by atoms with Crippen molar-refractivity contribution in [1.29, 1.82) is 0 Å². The quantitative estimate of drug-likeness (QED) is 0.121. The number of carbonyl (C=O) groups is 4. The van der Waals surface area contributed by atoms with Crippen LogP contribution in [0.15, 0.2) is 66.7 Å². The second-order valence-corrected chi connectivity index (χ2v) is 14.5. The second kappa shape index (κ2) is 16.9. The number of aromatic amines is 1. The zero-order chi connectivity index (χ0) is 37.4. The molecule has 1 aromatic heterocycles. The molecule has 4 N–H and O–H groups in total. The van der Waals surface area contributed by atoms with Crippen molar-refractivity contribution < 1.29 is 28.7 Å². The molecular formula is C39H45ClN6O6. The number of hydrogen-bond acceptors (Lipinski definition) is 8. The van der Waals surface area contributed by atoms with Crippen LogP contribution in [0.25, 0.3) is 22.5 Å². The van der Waals surface area contributed by atoms with E-state index in [2.05, 4.69) is 31.1 Å². The molecule has 0 saturated heterocycles. The van der Waals surface area contributed by atoms with Crippen LogP contribution in [-0.2, 0) is 25.5 Å². The normalized spacial score (nSPS) is 16.3. The highest BCUT2D eigenvalue weighted by molar-refractivity contribution is 6.28. The minimum absolute atomic E-state index is 0.172. The van der Waals surface area contributed by atoms with Crippen molar-refractivity contribution in [3.05, 3.63) is 88.7 Å². The number of alkyl carbamates (subject to hydrolysis) is 1. The molecule has 3 aromatic carbocycles. The van der Waals surface area contributed by atoms with E-state index < -0.39 is 23.7 Å². The summed E-state index contributed by atoms with van der Waals surface area (Å²) in [5, 5.41) is 16.8. The molecule has 0 bridgehead atoms. The summed E-state index contributed by atoms with van der Waals surface area (Å²) in [7, 11) is 1.35. The van der Waals surface area contributed by atoms with Gasteiger partial charge in [-0.1, -0.05) is 30.3 Å². The van der Waals surface area contributed by atoms with Gasteiger partial charge in [0.05, 0.1) is 12.7 Å². The lowest BCUT2D eigenvalue weighted by atomic mass is 9.81. The Kier molecular flexibility index (Phi) is 12.3. The number of esters is 1.